The molecule has 0 aliphatic rings. The van der Waals surface area contributed by atoms with Gasteiger partial charge in [-0.2, -0.15) is 0 Å². The van der Waals surface area contributed by atoms with Gasteiger partial charge in [-0.25, -0.2) is 0 Å². The lowest BCUT2D eigenvalue weighted by Gasteiger charge is -2.20. The zero-order valence-corrected chi connectivity index (χ0v) is 15.3. The molecule has 0 saturated carbocycles. The molecule has 0 aliphatic carbocycles. The Morgan fingerprint density at radius 1 is 1.00 bits per heavy atom. The van der Waals surface area contributed by atoms with Crippen LogP contribution >= 0.6 is 0 Å². The second kappa shape index (κ2) is 15.6. The van der Waals surface area contributed by atoms with Gasteiger partial charge in [-0.15, -0.1) is 0 Å². The Kier molecular flexibility index (Phi) is 15.0. The van der Waals surface area contributed by atoms with Crippen molar-refractivity contribution in [1.82, 2.24) is 0 Å². The number of esters is 1. The summed E-state index contributed by atoms with van der Waals surface area (Å²) in [6.45, 7) is 2.08. The van der Waals surface area contributed by atoms with Crippen LogP contribution in [0.3, 0.4) is 0 Å². The SMILES string of the molecule is CCCCC[C@H](O)[C@H](O)[C@H](O)/C=C\CCCCCCCC(=O)OC. The van der Waals surface area contributed by atoms with Gasteiger partial charge in [-0.1, -0.05) is 57.6 Å². The number of aliphatic hydroxyl groups excluding tert-OH is 3. The van der Waals surface area contributed by atoms with Crippen LogP contribution in [0, 0.1) is 0 Å². The van der Waals surface area contributed by atoms with Crippen LogP contribution in [0.5, 0.6) is 0 Å². The summed E-state index contributed by atoms with van der Waals surface area (Å²) in [5.74, 6) is -0.151. The lowest BCUT2D eigenvalue weighted by atomic mass is 10.0. The van der Waals surface area contributed by atoms with E-state index >= 15 is 0 Å². The minimum atomic E-state index is -1.11. The fraction of sp³-hybridized carbons (Fsp3) is 0.842. The van der Waals surface area contributed by atoms with Crippen LogP contribution in [0.1, 0.15) is 77.6 Å². The third-order valence-electron chi connectivity index (χ3n) is 4.16. The summed E-state index contributed by atoms with van der Waals surface area (Å²) < 4.78 is 4.59. The normalized spacial score (nSPS) is 15.4. The molecule has 5 heteroatoms. The number of hydrogen-bond acceptors (Lipinski definition) is 5. The van der Waals surface area contributed by atoms with E-state index in [2.05, 4.69) is 11.7 Å². The predicted octanol–water partition coefficient (Wildman–Crippen LogP) is 3.11. The Morgan fingerprint density at radius 2 is 1.67 bits per heavy atom. The Morgan fingerprint density at radius 3 is 2.33 bits per heavy atom. The summed E-state index contributed by atoms with van der Waals surface area (Å²) in [6, 6.07) is 0. The minimum absolute atomic E-state index is 0.151. The van der Waals surface area contributed by atoms with E-state index in [0.29, 0.717) is 12.8 Å². The summed E-state index contributed by atoms with van der Waals surface area (Å²) in [5.41, 5.74) is 0. The molecule has 3 N–H and O–H groups in total. The van der Waals surface area contributed by atoms with Gasteiger partial charge in [0.15, 0.2) is 0 Å². The zero-order chi connectivity index (χ0) is 18.2. The predicted molar refractivity (Wildman–Crippen MR) is 95.6 cm³/mol. The number of aliphatic hydroxyl groups is 3. The van der Waals surface area contributed by atoms with Crippen LogP contribution in [0.4, 0.5) is 0 Å². The number of unbranched alkanes of at least 4 members (excludes halogenated alkanes) is 7. The van der Waals surface area contributed by atoms with E-state index in [1.165, 1.54) is 7.11 Å². The van der Waals surface area contributed by atoms with Gasteiger partial charge < -0.3 is 20.1 Å². The zero-order valence-electron chi connectivity index (χ0n) is 15.3. The van der Waals surface area contributed by atoms with Crippen molar-refractivity contribution in [2.75, 3.05) is 7.11 Å². The highest BCUT2D eigenvalue weighted by molar-refractivity contribution is 5.68. The molecule has 0 saturated heterocycles. The quantitative estimate of drug-likeness (QED) is 0.241. The number of rotatable bonds is 15. The van der Waals surface area contributed by atoms with Crippen molar-refractivity contribution >= 4 is 5.97 Å². The fourth-order valence-electron chi connectivity index (χ4n) is 2.52. The molecule has 0 unspecified atom stereocenters. The monoisotopic (exact) mass is 344 g/mol. The van der Waals surface area contributed by atoms with Crippen LogP contribution in [-0.4, -0.2) is 46.7 Å². The highest BCUT2D eigenvalue weighted by Crippen LogP contribution is 2.12. The molecule has 0 aliphatic heterocycles. The summed E-state index contributed by atoms with van der Waals surface area (Å²) >= 11 is 0. The third-order valence-corrected chi connectivity index (χ3v) is 4.16. The van der Waals surface area contributed by atoms with E-state index in [1.807, 2.05) is 6.08 Å². The first-order chi connectivity index (χ1) is 11.5. The van der Waals surface area contributed by atoms with Gasteiger partial charge in [0.05, 0.1) is 13.2 Å². The van der Waals surface area contributed by atoms with Crippen LogP contribution in [0.25, 0.3) is 0 Å². The van der Waals surface area contributed by atoms with Crippen LogP contribution in [-0.2, 0) is 9.53 Å². The molecule has 0 bridgehead atoms. The van der Waals surface area contributed by atoms with Crippen molar-refractivity contribution in [3.8, 4) is 0 Å². The number of carbonyl (C=O) groups excluding carboxylic acids is 1. The van der Waals surface area contributed by atoms with E-state index in [1.54, 1.807) is 6.08 Å². The van der Waals surface area contributed by atoms with Gasteiger partial charge in [-0.05, 0) is 25.7 Å². The summed E-state index contributed by atoms with van der Waals surface area (Å²) in [7, 11) is 1.41. The van der Waals surface area contributed by atoms with Gasteiger partial charge in [0.25, 0.3) is 0 Å². The third kappa shape index (κ3) is 12.5. The van der Waals surface area contributed by atoms with E-state index in [0.717, 1.165) is 57.8 Å². The van der Waals surface area contributed by atoms with Crippen molar-refractivity contribution < 1.29 is 24.9 Å². The molecule has 0 amide bonds. The molecule has 0 rings (SSSR count). The van der Waals surface area contributed by atoms with Crippen molar-refractivity contribution in [2.45, 2.75) is 95.9 Å². The van der Waals surface area contributed by atoms with Crippen LogP contribution < -0.4 is 0 Å². The van der Waals surface area contributed by atoms with Gasteiger partial charge in [-0.3, -0.25) is 4.79 Å². The van der Waals surface area contributed by atoms with Crippen molar-refractivity contribution in [2.24, 2.45) is 0 Å². The summed E-state index contributed by atoms with van der Waals surface area (Å²) in [5, 5.41) is 29.5. The van der Waals surface area contributed by atoms with Gasteiger partial charge >= 0.3 is 5.97 Å². The Bertz CT molecular complexity index is 330. The Balaban J connectivity index is 3.65. The van der Waals surface area contributed by atoms with Gasteiger partial charge in [0.1, 0.15) is 12.2 Å². The Labute approximate surface area is 146 Å². The highest BCUT2D eigenvalue weighted by Gasteiger charge is 2.21. The average Bonchev–Trinajstić information content (AvgIpc) is 2.59. The smallest absolute Gasteiger partial charge is 0.305 e. The van der Waals surface area contributed by atoms with E-state index in [-0.39, 0.29) is 5.97 Å². The topological polar surface area (TPSA) is 87.0 Å². The minimum Gasteiger partial charge on any atom is -0.469 e. The van der Waals surface area contributed by atoms with Gasteiger partial charge in [0.2, 0.25) is 0 Å². The van der Waals surface area contributed by atoms with Crippen LogP contribution in [0.15, 0.2) is 12.2 Å². The molecular weight excluding hydrogens is 308 g/mol. The molecule has 0 fully saturated rings. The molecular formula is C19H36O5. The maximum absolute atomic E-state index is 10.9. The number of allylic oxidation sites excluding steroid dienone is 1. The maximum atomic E-state index is 10.9. The Hall–Kier alpha value is -0.910. The molecule has 24 heavy (non-hydrogen) atoms. The second-order valence-corrected chi connectivity index (χ2v) is 6.36. The fourth-order valence-corrected chi connectivity index (χ4v) is 2.52. The van der Waals surface area contributed by atoms with Crippen molar-refractivity contribution in [3.63, 3.8) is 0 Å². The van der Waals surface area contributed by atoms with E-state index in [9.17, 15) is 20.1 Å². The molecule has 0 aromatic heterocycles. The van der Waals surface area contributed by atoms with E-state index in [4.69, 9.17) is 0 Å². The molecule has 0 spiro atoms. The molecule has 5 nitrogen and oxygen atoms in total. The maximum Gasteiger partial charge on any atom is 0.305 e. The average molecular weight is 344 g/mol. The molecule has 0 aromatic rings. The molecule has 0 radical (unpaired) electrons. The molecule has 142 valence electrons. The first kappa shape index (κ1) is 23.1. The number of ether oxygens (including phenoxy) is 1. The standard InChI is InChI=1S/C19H36O5/c1-3-4-10-13-16(20)19(23)17(21)14-11-8-6-5-7-9-12-15-18(22)24-2/h11,14,16-17,19-21,23H,3-10,12-13,15H2,1-2H3/b14-11-/t16-,17+,19-/m0/s1. The highest BCUT2D eigenvalue weighted by atomic mass is 16.5. The van der Waals surface area contributed by atoms with Crippen LogP contribution in [0.2, 0.25) is 0 Å². The summed E-state index contributed by atoms with van der Waals surface area (Å²) in [6.07, 6.45) is 10.3. The van der Waals surface area contributed by atoms with Crippen molar-refractivity contribution in [3.05, 3.63) is 12.2 Å². The van der Waals surface area contributed by atoms with Crippen molar-refractivity contribution in [1.29, 1.82) is 0 Å². The first-order valence-corrected chi connectivity index (χ1v) is 9.30. The lowest BCUT2D eigenvalue weighted by molar-refractivity contribution is -0.140. The largest absolute Gasteiger partial charge is 0.469 e. The summed E-state index contributed by atoms with van der Waals surface area (Å²) in [4.78, 5) is 10.9. The van der Waals surface area contributed by atoms with E-state index < -0.39 is 18.3 Å². The van der Waals surface area contributed by atoms with Gasteiger partial charge in [0, 0.05) is 6.42 Å². The second-order valence-electron chi connectivity index (χ2n) is 6.36. The molecule has 0 heterocycles. The number of carbonyl (C=O) groups is 1. The number of hydrogen-bond donors (Lipinski definition) is 3. The lowest BCUT2D eigenvalue weighted by Crippen LogP contribution is -2.36. The number of methoxy groups -OCH3 is 1. The molecule has 0 aromatic carbocycles. The first-order valence-electron chi connectivity index (χ1n) is 9.30. The molecule has 3 atom stereocenters.